The minimum Gasteiger partial charge on any atom is -0.481 e. The van der Waals surface area contributed by atoms with Crippen LogP contribution in [0.25, 0.3) is 0 Å². The third-order valence-electron chi connectivity index (χ3n) is 4.23. The number of carbonyl (C=O) groups excluding carboxylic acids is 3. The van der Waals surface area contributed by atoms with Crippen LogP contribution >= 0.6 is 0 Å². The first-order chi connectivity index (χ1) is 14.4. The Hall–Kier alpha value is -3.52. The molecule has 2 atom stereocenters. The van der Waals surface area contributed by atoms with Gasteiger partial charge in [-0.25, -0.2) is 0 Å². The van der Waals surface area contributed by atoms with Crippen molar-refractivity contribution >= 4 is 23.7 Å². The van der Waals surface area contributed by atoms with Gasteiger partial charge in [-0.05, 0) is 17.5 Å². The molecular weight excluding hydrogens is 390 g/mol. The van der Waals surface area contributed by atoms with E-state index in [0.29, 0.717) is 12.0 Å². The van der Waals surface area contributed by atoms with E-state index in [1.54, 1.807) is 30.3 Å². The average Bonchev–Trinajstić information content (AvgIpc) is 2.75. The van der Waals surface area contributed by atoms with E-state index in [0.717, 1.165) is 5.56 Å². The van der Waals surface area contributed by atoms with Crippen molar-refractivity contribution in [1.82, 2.24) is 0 Å². The third-order valence-corrected chi connectivity index (χ3v) is 4.23. The van der Waals surface area contributed by atoms with E-state index < -0.39 is 42.3 Å². The number of hydrogen-bond donors (Lipinski definition) is 2. The van der Waals surface area contributed by atoms with Crippen molar-refractivity contribution in [1.29, 1.82) is 0 Å². The van der Waals surface area contributed by atoms with Crippen LogP contribution in [0, 0.1) is 5.92 Å². The van der Waals surface area contributed by atoms with Crippen LogP contribution in [0.3, 0.4) is 0 Å². The molecule has 2 aromatic rings. The number of aliphatic carboxylic acids is 1. The van der Waals surface area contributed by atoms with E-state index in [1.807, 2.05) is 30.3 Å². The summed E-state index contributed by atoms with van der Waals surface area (Å²) >= 11 is 0. The standard InChI is InChI=1S/C22H23NO7/c23-21(30-19(26)12-11-15-7-3-1-4-8-15)20(27)17(13-18(24)25)22(28)29-14-16-9-5-2-6-10-16/h1-10,17,21H,11-14,23H2,(H,24,25). The second-order valence-corrected chi connectivity index (χ2v) is 6.54. The van der Waals surface area contributed by atoms with Gasteiger partial charge in [0, 0.05) is 6.42 Å². The highest BCUT2D eigenvalue weighted by Crippen LogP contribution is 2.13. The number of carboxylic acids is 1. The lowest BCUT2D eigenvalue weighted by atomic mass is 9.99. The fourth-order valence-corrected chi connectivity index (χ4v) is 2.65. The molecule has 0 spiro atoms. The number of esters is 2. The van der Waals surface area contributed by atoms with Crippen LogP contribution < -0.4 is 5.73 Å². The zero-order chi connectivity index (χ0) is 21.9. The fourth-order valence-electron chi connectivity index (χ4n) is 2.65. The Morgan fingerprint density at radius 1 is 0.900 bits per heavy atom. The number of nitrogens with two attached hydrogens (primary N) is 1. The number of rotatable bonds is 11. The summed E-state index contributed by atoms with van der Waals surface area (Å²) in [5.41, 5.74) is 7.19. The van der Waals surface area contributed by atoms with E-state index >= 15 is 0 Å². The summed E-state index contributed by atoms with van der Waals surface area (Å²) in [4.78, 5) is 47.8. The Bertz CT molecular complexity index is 868. The number of Topliss-reactive ketones (excluding diaryl/α,β-unsaturated/α-hetero) is 1. The number of benzene rings is 2. The van der Waals surface area contributed by atoms with Crippen LogP contribution in [-0.4, -0.2) is 35.0 Å². The van der Waals surface area contributed by atoms with E-state index in [-0.39, 0.29) is 13.0 Å². The SMILES string of the molecule is NC(OC(=O)CCc1ccccc1)C(=O)C(CC(=O)O)C(=O)OCc1ccccc1. The molecular formula is C22H23NO7. The lowest BCUT2D eigenvalue weighted by Gasteiger charge is -2.18. The average molecular weight is 413 g/mol. The lowest BCUT2D eigenvalue weighted by Crippen LogP contribution is -2.43. The molecule has 8 heteroatoms. The van der Waals surface area contributed by atoms with Gasteiger partial charge in [0.2, 0.25) is 12.0 Å². The zero-order valence-corrected chi connectivity index (χ0v) is 16.2. The molecule has 0 saturated carbocycles. The lowest BCUT2D eigenvalue weighted by molar-refractivity contribution is -0.164. The predicted molar refractivity (Wildman–Crippen MR) is 106 cm³/mol. The fraction of sp³-hybridized carbons (Fsp3) is 0.273. The molecule has 0 amide bonds. The van der Waals surface area contributed by atoms with Crippen molar-refractivity contribution < 1.29 is 33.8 Å². The smallest absolute Gasteiger partial charge is 0.317 e. The van der Waals surface area contributed by atoms with E-state index in [9.17, 15) is 19.2 Å². The van der Waals surface area contributed by atoms with E-state index in [2.05, 4.69) is 0 Å². The largest absolute Gasteiger partial charge is 0.481 e. The minimum atomic E-state index is -1.76. The molecule has 2 aromatic carbocycles. The molecule has 2 unspecified atom stereocenters. The molecule has 0 radical (unpaired) electrons. The maximum atomic E-state index is 12.5. The first kappa shape index (κ1) is 22.8. The summed E-state index contributed by atoms with van der Waals surface area (Å²) in [6, 6.07) is 17.9. The Kier molecular flexibility index (Phi) is 8.71. The van der Waals surface area contributed by atoms with Gasteiger partial charge in [-0.1, -0.05) is 60.7 Å². The summed E-state index contributed by atoms with van der Waals surface area (Å²) in [5.74, 6) is -5.85. The van der Waals surface area contributed by atoms with Gasteiger partial charge in [-0.2, -0.15) is 0 Å². The van der Waals surface area contributed by atoms with Crippen LogP contribution in [0.4, 0.5) is 0 Å². The summed E-state index contributed by atoms with van der Waals surface area (Å²) in [6.07, 6.45) is -2.21. The minimum absolute atomic E-state index is 0.0208. The Balaban J connectivity index is 1.92. The molecule has 8 nitrogen and oxygen atoms in total. The maximum absolute atomic E-state index is 12.5. The molecule has 0 fully saturated rings. The first-order valence-corrected chi connectivity index (χ1v) is 9.32. The monoisotopic (exact) mass is 413 g/mol. The van der Waals surface area contributed by atoms with E-state index in [1.165, 1.54) is 0 Å². The molecule has 0 saturated heterocycles. The van der Waals surface area contributed by atoms with Gasteiger partial charge in [0.1, 0.15) is 12.5 Å². The number of hydrogen-bond acceptors (Lipinski definition) is 7. The molecule has 2 rings (SSSR count). The zero-order valence-electron chi connectivity index (χ0n) is 16.2. The first-order valence-electron chi connectivity index (χ1n) is 9.32. The number of carboxylic acid groups (broad SMARTS) is 1. The number of aryl methyl sites for hydroxylation is 1. The van der Waals surface area contributed by atoms with Crippen molar-refractivity contribution in [3.8, 4) is 0 Å². The van der Waals surface area contributed by atoms with Crippen molar-refractivity contribution in [2.75, 3.05) is 0 Å². The topological polar surface area (TPSA) is 133 Å². The van der Waals surface area contributed by atoms with Crippen molar-refractivity contribution in [3.05, 3.63) is 71.8 Å². The molecule has 3 N–H and O–H groups in total. The molecule has 158 valence electrons. The molecule has 0 aliphatic carbocycles. The highest BCUT2D eigenvalue weighted by Gasteiger charge is 2.35. The van der Waals surface area contributed by atoms with Crippen molar-refractivity contribution in [3.63, 3.8) is 0 Å². The maximum Gasteiger partial charge on any atom is 0.317 e. The third kappa shape index (κ3) is 7.48. The van der Waals surface area contributed by atoms with Crippen LogP contribution in [0.5, 0.6) is 0 Å². The summed E-state index contributed by atoms with van der Waals surface area (Å²) in [7, 11) is 0. The number of ether oxygens (including phenoxy) is 2. The van der Waals surface area contributed by atoms with Crippen molar-refractivity contribution in [2.24, 2.45) is 11.7 Å². The van der Waals surface area contributed by atoms with Gasteiger partial charge < -0.3 is 14.6 Å². The van der Waals surface area contributed by atoms with Crippen molar-refractivity contribution in [2.45, 2.75) is 32.1 Å². The molecule has 0 bridgehead atoms. The Morgan fingerprint density at radius 2 is 1.47 bits per heavy atom. The highest BCUT2D eigenvalue weighted by molar-refractivity contribution is 6.03. The molecule has 0 aliphatic heterocycles. The number of carbonyl (C=O) groups is 4. The molecule has 30 heavy (non-hydrogen) atoms. The summed E-state index contributed by atoms with van der Waals surface area (Å²) in [5, 5.41) is 9.03. The Labute approximate surface area is 173 Å². The quantitative estimate of drug-likeness (QED) is 0.324. The van der Waals surface area contributed by atoms with Crippen LogP contribution in [0.15, 0.2) is 60.7 Å². The second-order valence-electron chi connectivity index (χ2n) is 6.54. The number of ketones is 1. The molecule has 0 aliphatic rings. The molecule has 0 aromatic heterocycles. The van der Waals surface area contributed by atoms with Gasteiger partial charge in [0.05, 0.1) is 6.42 Å². The normalized spacial score (nSPS) is 12.4. The van der Waals surface area contributed by atoms with E-state index in [4.69, 9.17) is 20.3 Å². The summed E-state index contributed by atoms with van der Waals surface area (Å²) < 4.78 is 9.95. The summed E-state index contributed by atoms with van der Waals surface area (Å²) in [6.45, 7) is -0.130. The van der Waals surface area contributed by atoms with Crippen LogP contribution in [0.2, 0.25) is 0 Å². The van der Waals surface area contributed by atoms with Gasteiger partial charge in [-0.15, -0.1) is 0 Å². The highest BCUT2D eigenvalue weighted by atomic mass is 16.6. The molecule has 0 heterocycles. The van der Waals surface area contributed by atoms with Gasteiger partial charge >= 0.3 is 17.9 Å². The Morgan fingerprint density at radius 3 is 2.03 bits per heavy atom. The van der Waals surface area contributed by atoms with Crippen LogP contribution in [0.1, 0.15) is 24.0 Å². The van der Waals surface area contributed by atoms with Gasteiger partial charge in [-0.3, -0.25) is 24.9 Å². The van der Waals surface area contributed by atoms with Gasteiger partial charge in [0.25, 0.3) is 0 Å². The predicted octanol–water partition coefficient (Wildman–Crippen LogP) is 1.85. The van der Waals surface area contributed by atoms with Gasteiger partial charge in [0.15, 0.2) is 0 Å². The second kappa shape index (κ2) is 11.5. The van der Waals surface area contributed by atoms with Crippen LogP contribution in [-0.2, 0) is 41.7 Å².